The summed E-state index contributed by atoms with van der Waals surface area (Å²) in [6, 6.07) is 2.67. The molecule has 7 heteroatoms. The minimum Gasteiger partial charge on any atom is -0.398 e. The number of anilines is 1. The Balaban J connectivity index is 3.08. The summed E-state index contributed by atoms with van der Waals surface area (Å²) >= 11 is 5.87. The first kappa shape index (κ1) is 14.2. The van der Waals surface area contributed by atoms with Gasteiger partial charge in [0.05, 0.1) is 11.0 Å². The van der Waals surface area contributed by atoms with E-state index in [4.69, 9.17) is 22.4 Å². The fourth-order valence-corrected chi connectivity index (χ4v) is 2.62. The van der Waals surface area contributed by atoms with Gasteiger partial charge in [-0.05, 0) is 31.5 Å². The number of sulfonamides is 1. The summed E-state index contributed by atoms with van der Waals surface area (Å²) < 4.78 is 25.9. The van der Waals surface area contributed by atoms with Crippen LogP contribution in [0.15, 0.2) is 17.0 Å². The molecular weight excluding hydrogens is 264 g/mol. The third-order valence-electron chi connectivity index (χ3n) is 2.24. The van der Waals surface area contributed by atoms with E-state index < -0.39 is 16.1 Å². The first-order chi connectivity index (χ1) is 7.74. The molecule has 1 aromatic rings. The van der Waals surface area contributed by atoms with Crippen molar-refractivity contribution in [3.63, 3.8) is 0 Å². The van der Waals surface area contributed by atoms with E-state index >= 15 is 0 Å². The molecule has 1 aromatic carbocycles. The minimum absolute atomic E-state index is 0.00810. The number of nitrogens with two attached hydrogens (primary N) is 1. The predicted octanol–water partition coefficient (Wildman–Crippen LogP) is 0.890. The number of hydrogen-bond donors (Lipinski definition) is 3. The molecule has 0 aliphatic rings. The molecule has 0 fully saturated rings. The summed E-state index contributed by atoms with van der Waals surface area (Å²) in [4.78, 5) is -0.00810. The average molecular weight is 279 g/mol. The number of rotatable bonds is 4. The number of benzene rings is 1. The number of halogens is 1. The molecule has 0 amide bonds. The smallest absolute Gasteiger partial charge is 0.240 e. The third-order valence-corrected chi connectivity index (χ3v) is 4.03. The summed E-state index contributed by atoms with van der Waals surface area (Å²) in [6.45, 7) is 3.13. The first-order valence-corrected chi connectivity index (χ1v) is 6.83. The summed E-state index contributed by atoms with van der Waals surface area (Å²) in [5, 5.41) is 9.33. The molecule has 4 N–H and O–H groups in total. The Kier molecular flexibility index (Phi) is 4.37. The van der Waals surface area contributed by atoms with Crippen LogP contribution >= 0.6 is 11.6 Å². The van der Waals surface area contributed by atoms with E-state index in [1.807, 2.05) is 0 Å². The molecule has 1 atom stereocenters. The predicted molar refractivity (Wildman–Crippen MR) is 67.5 cm³/mol. The van der Waals surface area contributed by atoms with Gasteiger partial charge in [0.2, 0.25) is 10.0 Å². The van der Waals surface area contributed by atoms with E-state index in [1.165, 1.54) is 19.1 Å². The van der Waals surface area contributed by atoms with Crippen LogP contribution in [0, 0.1) is 6.92 Å². The van der Waals surface area contributed by atoms with Crippen LogP contribution in [0.2, 0.25) is 5.02 Å². The molecule has 5 nitrogen and oxygen atoms in total. The molecule has 96 valence electrons. The molecule has 0 radical (unpaired) electrons. The molecule has 0 saturated carbocycles. The fourth-order valence-electron chi connectivity index (χ4n) is 1.14. The maximum absolute atomic E-state index is 11.8. The van der Waals surface area contributed by atoms with Gasteiger partial charge in [-0.1, -0.05) is 11.6 Å². The quantitative estimate of drug-likeness (QED) is 0.713. The zero-order valence-corrected chi connectivity index (χ0v) is 11.1. The normalized spacial score (nSPS) is 13.6. The molecule has 1 unspecified atom stereocenters. The van der Waals surface area contributed by atoms with Crippen molar-refractivity contribution in [3.8, 4) is 0 Å². The van der Waals surface area contributed by atoms with Crippen LogP contribution in [0.5, 0.6) is 0 Å². The van der Waals surface area contributed by atoms with Gasteiger partial charge in [0.1, 0.15) is 0 Å². The van der Waals surface area contributed by atoms with Gasteiger partial charge in [-0.15, -0.1) is 0 Å². The SMILES string of the molecule is Cc1c(N)cc(S(=O)(=O)NCC(C)O)cc1Cl. The van der Waals surface area contributed by atoms with Gasteiger partial charge in [0.15, 0.2) is 0 Å². The monoisotopic (exact) mass is 278 g/mol. The summed E-state index contributed by atoms with van der Waals surface area (Å²) in [5.41, 5.74) is 6.60. The fraction of sp³-hybridized carbons (Fsp3) is 0.400. The van der Waals surface area contributed by atoms with Crippen LogP contribution in [-0.2, 0) is 10.0 Å². The van der Waals surface area contributed by atoms with Crippen molar-refractivity contribution in [2.45, 2.75) is 24.8 Å². The number of nitrogens with one attached hydrogen (secondary N) is 1. The van der Waals surface area contributed by atoms with Crippen LogP contribution in [0.3, 0.4) is 0 Å². The van der Waals surface area contributed by atoms with Crippen molar-refractivity contribution in [1.29, 1.82) is 0 Å². The highest BCUT2D eigenvalue weighted by molar-refractivity contribution is 7.89. The van der Waals surface area contributed by atoms with Gasteiger partial charge in [-0.2, -0.15) is 0 Å². The lowest BCUT2D eigenvalue weighted by molar-refractivity contribution is 0.198. The maximum Gasteiger partial charge on any atom is 0.240 e. The molecule has 1 rings (SSSR count). The van der Waals surface area contributed by atoms with E-state index in [0.29, 0.717) is 16.3 Å². The van der Waals surface area contributed by atoms with Crippen molar-refractivity contribution in [2.24, 2.45) is 0 Å². The van der Waals surface area contributed by atoms with Crippen molar-refractivity contribution in [1.82, 2.24) is 4.72 Å². The van der Waals surface area contributed by atoms with Crippen LogP contribution in [0.25, 0.3) is 0 Å². The van der Waals surface area contributed by atoms with Gasteiger partial charge in [0.25, 0.3) is 0 Å². The Bertz CT molecular complexity index is 491. The summed E-state index contributed by atoms with van der Waals surface area (Å²) in [7, 11) is -3.69. The molecule has 0 heterocycles. The molecule has 0 spiro atoms. The first-order valence-electron chi connectivity index (χ1n) is 4.97. The largest absolute Gasteiger partial charge is 0.398 e. The topological polar surface area (TPSA) is 92.4 Å². The zero-order valence-electron chi connectivity index (χ0n) is 9.57. The maximum atomic E-state index is 11.8. The lowest BCUT2D eigenvalue weighted by Crippen LogP contribution is -2.30. The van der Waals surface area contributed by atoms with E-state index in [2.05, 4.69) is 4.72 Å². The Morgan fingerprint density at radius 2 is 2.12 bits per heavy atom. The minimum atomic E-state index is -3.69. The second-order valence-electron chi connectivity index (χ2n) is 3.82. The number of aliphatic hydroxyl groups is 1. The highest BCUT2D eigenvalue weighted by Crippen LogP contribution is 2.25. The molecule has 0 bridgehead atoms. The Morgan fingerprint density at radius 1 is 1.53 bits per heavy atom. The Labute approximate surface area is 106 Å². The van der Waals surface area contributed by atoms with Crippen LogP contribution in [0.4, 0.5) is 5.69 Å². The van der Waals surface area contributed by atoms with Crippen LogP contribution in [0.1, 0.15) is 12.5 Å². The van der Waals surface area contributed by atoms with Crippen molar-refractivity contribution < 1.29 is 13.5 Å². The van der Waals surface area contributed by atoms with Gasteiger partial charge in [-0.3, -0.25) is 0 Å². The highest BCUT2D eigenvalue weighted by atomic mass is 35.5. The van der Waals surface area contributed by atoms with E-state index in [1.54, 1.807) is 6.92 Å². The summed E-state index contributed by atoms with van der Waals surface area (Å²) in [6.07, 6.45) is -0.761. The highest BCUT2D eigenvalue weighted by Gasteiger charge is 2.17. The molecule has 0 saturated heterocycles. The molecule has 0 aromatic heterocycles. The average Bonchev–Trinajstić information content (AvgIpc) is 2.22. The second-order valence-corrected chi connectivity index (χ2v) is 5.99. The number of hydrogen-bond acceptors (Lipinski definition) is 4. The standard InChI is InChI=1S/C10H15ClN2O3S/c1-6(14)5-13-17(15,16)8-3-9(11)7(2)10(12)4-8/h3-4,6,13-14H,5,12H2,1-2H3. The number of nitrogen functional groups attached to an aromatic ring is 1. The summed E-state index contributed by atoms with van der Waals surface area (Å²) in [5.74, 6) is 0. The number of aliphatic hydroxyl groups excluding tert-OH is 1. The zero-order chi connectivity index (χ0) is 13.2. The van der Waals surface area contributed by atoms with Gasteiger partial charge in [0, 0.05) is 17.3 Å². The second kappa shape index (κ2) is 5.22. The molecule has 0 aliphatic carbocycles. The van der Waals surface area contributed by atoms with Crippen LogP contribution in [-0.4, -0.2) is 26.2 Å². The van der Waals surface area contributed by atoms with E-state index in [-0.39, 0.29) is 11.4 Å². The Hall–Kier alpha value is -0.820. The molecular formula is C10H15ClN2O3S. The van der Waals surface area contributed by atoms with Gasteiger partial charge < -0.3 is 10.8 Å². The van der Waals surface area contributed by atoms with E-state index in [0.717, 1.165) is 0 Å². The molecule has 0 aliphatic heterocycles. The van der Waals surface area contributed by atoms with E-state index in [9.17, 15) is 8.42 Å². The van der Waals surface area contributed by atoms with Gasteiger partial charge >= 0.3 is 0 Å². The lowest BCUT2D eigenvalue weighted by Gasteiger charge is -2.10. The van der Waals surface area contributed by atoms with Crippen molar-refractivity contribution in [2.75, 3.05) is 12.3 Å². The molecule has 17 heavy (non-hydrogen) atoms. The van der Waals surface area contributed by atoms with Gasteiger partial charge in [-0.25, -0.2) is 13.1 Å². The third kappa shape index (κ3) is 3.57. The Morgan fingerprint density at radius 3 is 2.59 bits per heavy atom. The van der Waals surface area contributed by atoms with Crippen molar-refractivity contribution >= 4 is 27.3 Å². The lowest BCUT2D eigenvalue weighted by atomic mass is 10.2. The van der Waals surface area contributed by atoms with Crippen molar-refractivity contribution in [3.05, 3.63) is 22.7 Å². The van der Waals surface area contributed by atoms with Crippen LogP contribution < -0.4 is 10.5 Å².